The van der Waals surface area contributed by atoms with E-state index in [0.29, 0.717) is 0 Å². The van der Waals surface area contributed by atoms with Crippen molar-refractivity contribution in [3.05, 3.63) is 115 Å². The molecule has 0 fully saturated rings. The quantitative estimate of drug-likeness (QED) is 0.160. The summed E-state index contributed by atoms with van der Waals surface area (Å²) in [5, 5.41) is 0. The number of hydrogen-bond donors (Lipinski definition) is 0. The van der Waals surface area contributed by atoms with Crippen molar-refractivity contribution in [3.8, 4) is 0 Å². The molecule has 0 bridgehead atoms. The van der Waals surface area contributed by atoms with E-state index in [9.17, 15) is 0 Å². The predicted molar refractivity (Wildman–Crippen MR) is 137 cm³/mol. The minimum absolute atomic E-state index is 1.05. The molecule has 0 aliphatic heterocycles. The van der Waals surface area contributed by atoms with Gasteiger partial charge in [-0.15, -0.1) is 0 Å². The molecule has 0 aliphatic rings. The van der Waals surface area contributed by atoms with Crippen LogP contribution in [-0.2, 0) is 19.4 Å². The Bertz CT molecular complexity index is 814. The Hall–Kier alpha value is -2.50. The van der Waals surface area contributed by atoms with Gasteiger partial charge in [-0.3, -0.25) is 0 Å². The zero-order chi connectivity index (χ0) is 23.3. The first kappa shape index (κ1) is 28.5. The Labute approximate surface area is 201 Å². The number of rotatable bonds is 6. The van der Waals surface area contributed by atoms with Gasteiger partial charge >= 0.3 is 161 Å². The van der Waals surface area contributed by atoms with E-state index in [0.717, 1.165) is 22.5 Å². The Morgan fingerprint density at radius 2 is 1.03 bits per heavy atom. The molecule has 0 saturated carbocycles. The third-order valence-electron chi connectivity index (χ3n) is 3.69. The average molecular weight is 582 g/mol. The summed E-state index contributed by atoms with van der Waals surface area (Å²) in [5.74, 6) is 0. The summed E-state index contributed by atoms with van der Waals surface area (Å²) >= 11 is 1.43. The van der Waals surface area contributed by atoms with E-state index >= 15 is 0 Å². The van der Waals surface area contributed by atoms with E-state index in [1.807, 2.05) is 84.0 Å². The average Bonchev–Trinajstić information content (AvgIpc) is 2.89. The van der Waals surface area contributed by atoms with Crippen LogP contribution < -0.4 is 4.90 Å². The van der Waals surface area contributed by atoms with Crippen LogP contribution in [0, 0.1) is 6.20 Å². The number of hydrogen-bond acceptors (Lipinski definition) is 1. The molecule has 164 valence electrons. The number of allylic oxidation sites excluding steroid dienone is 3. The molecule has 0 aromatic heterocycles. The molecule has 2 heteroatoms. The van der Waals surface area contributed by atoms with Crippen LogP contribution in [-0.4, -0.2) is 4.40 Å². The molecule has 0 amide bonds. The fraction of sp³-hybridized carbons (Fsp3) is 0.207. The van der Waals surface area contributed by atoms with E-state index in [-0.39, 0.29) is 0 Å². The molecule has 0 saturated heterocycles. The Morgan fingerprint density at radius 1 is 0.645 bits per heavy atom. The molecule has 0 aliphatic carbocycles. The van der Waals surface area contributed by atoms with Gasteiger partial charge in [0.25, 0.3) is 0 Å². The normalized spacial score (nSPS) is 9.81. The molecular weight excluding hydrogens is 546 g/mol. The van der Waals surface area contributed by atoms with Crippen molar-refractivity contribution in [1.29, 1.82) is 0 Å². The van der Waals surface area contributed by atoms with Crippen molar-refractivity contribution in [2.75, 3.05) is 4.90 Å². The second-order valence-electron chi connectivity index (χ2n) is 5.39. The molecule has 0 radical (unpaired) electrons. The summed E-state index contributed by atoms with van der Waals surface area (Å²) in [6.45, 7) is 12.0. The molecule has 3 rings (SSSR count). The Balaban J connectivity index is 0.00000138. The van der Waals surface area contributed by atoms with E-state index in [2.05, 4.69) is 76.2 Å². The number of para-hydroxylation sites is 2. The molecule has 3 aromatic carbocycles. The van der Waals surface area contributed by atoms with Crippen LogP contribution in [0.25, 0.3) is 5.57 Å². The van der Waals surface area contributed by atoms with E-state index in [1.165, 1.54) is 19.4 Å². The summed E-state index contributed by atoms with van der Waals surface area (Å²) in [7, 11) is 0. The van der Waals surface area contributed by atoms with Crippen LogP contribution in [0.2, 0.25) is 0 Å². The van der Waals surface area contributed by atoms with Gasteiger partial charge in [-0.05, 0) is 0 Å². The predicted octanol–water partition coefficient (Wildman–Crippen LogP) is 8.65. The maximum atomic E-state index is 3.59. The van der Waals surface area contributed by atoms with Crippen molar-refractivity contribution >= 4 is 21.3 Å². The zero-order valence-corrected chi connectivity index (χ0v) is 22.7. The fourth-order valence-electron chi connectivity index (χ4n) is 2.50. The van der Waals surface area contributed by atoms with Gasteiger partial charge < -0.3 is 0 Å². The summed E-state index contributed by atoms with van der Waals surface area (Å²) < 4.78 is 2.11. The standard InChI is InChI=1S/C23H18N.3C2H6.W/c1-2-12-21(20-13-6-3-7-14-20)19-24(22-15-8-4-9-16-22)23-17-10-5-11-18-23;3*1-2;/h1-18H;3*1-2H3;/q-1;;;;. The third-order valence-corrected chi connectivity index (χ3v) is 4.25. The van der Waals surface area contributed by atoms with Crippen LogP contribution in [0.5, 0.6) is 0 Å². The first-order chi connectivity index (χ1) is 15.4. The number of anilines is 2. The molecule has 0 spiro atoms. The zero-order valence-electron chi connectivity index (χ0n) is 19.7. The Morgan fingerprint density at radius 3 is 1.42 bits per heavy atom. The van der Waals surface area contributed by atoms with Gasteiger partial charge in [0, 0.05) is 0 Å². The van der Waals surface area contributed by atoms with Crippen LogP contribution in [0.15, 0.2) is 103 Å². The van der Waals surface area contributed by atoms with Crippen LogP contribution in [0.1, 0.15) is 47.1 Å². The van der Waals surface area contributed by atoms with Gasteiger partial charge in [0.1, 0.15) is 0 Å². The third kappa shape index (κ3) is 10.4. The van der Waals surface area contributed by atoms with Gasteiger partial charge in [-0.1, -0.05) is 41.5 Å². The van der Waals surface area contributed by atoms with Gasteiger partial charge in [-0.2, -0.15) is 0 Å². The molecule has 0 heterocycles. The van der Waals surface area contributed by atoms with Crippen LogP contribution in [0.3, 0.4) is 0 Å². The first-order valence-corrected chi connectivity index (χ1v) is 12.8. The SMILES string of the molecule is CC.CC.CC.[W]=[CH]C=CC(=[C-]N(c1ccccc1)c1ccccc1)c1ccccc1. The van der Waals surface area contributed by atoms with Gasteiger partial charge in [0.15, 0.2) is 0 Å². The molecule has 3 aromatic rings. The van der Waals surface area contributed by atoms with E-state index in [1.54, 1.807) is 0 Å². The van der Waals surface area contributed by atoms with Crippen molar-refractivity contribution in [3.63, 3.8) is 0 Å². The summed E-state index contributed by atoms with van der Waals surface area (Å²) in [6.07, 6.45) is 7.78. The summed E-state index contributed by atoms with van der Waals surface area (Å²) in [6, 6.07) is 31.0. The van der Waals surface area contributed by atoms with Gasteiger partial charge in [0.2, 0.25) is 0 Å². The first-order valence-electron chi connectivity index (χ1n) is 11.1. The summed E-state index contributed by atoms with van der Waals surface area (Å²) in [5.41, 5.74) is 4.36. The second-order valence-corrected chi connectivity index (χ2v) is 6.37. The van der Waals surface area contributed by atoms with Crippen molar-refractivity contribution in [2.45, 2.75) is 41.5 Å². The topological polar surface area (TPSA) is 3.24 Å². The van der Waals surface area contributed by atoms with E-state index in [4.69, 9.17) is 0 Å². The molecule has 1 nitrogen and oxygen atoms in total. The minimum atomic E-state index is 1.05. The van der Waals surface area contributed by atoms with Crippen LogP contribution >= 0.6 is 0 Å². The molecule has 0 N–H and O–H groups in total. The van der Waals surface area contributed by atoms with Crippen molar-refractivity contribution in [1.82, 2.24) is 0 Å². The number of benzene rings is 3. The van der Waals surface area contributed by atoms with Crippen molar-refractivity contribution in [2.24, 2.45) is 0 Å². The maximum absolute atomic E-state index is 3.59. The van der Waals surface area contributed by atoms with E-state index < -0.39 is 0 Å². The molecule has 31 heavy (non-hydrogen) atoms. The van der Waals surface area contributed by atoms with Gasteiger partial charge in [-0.25, -0.2) is 0 Å². The van der Waals surface area contributed by atoms with Gasteiger partial charge in [0.05, 0.1) is 0 Å². The molecular formula is C29H36NW-. The second kappa shape index (κ2) is 19.5. The monoisotopic (exact) mass is 582 g/mol. The molecule has 0 atom stereocenters. The number of nitrogens with zero attached hydrogens (tertiary/aromatic N) is 1. The summed E-state index contributed by atoms with van der Waals surface area (Å²) in [4.78, 5) is 2.11. The fourth-order valence-corrected chi connectivity index (χ4v) is 2.79. The van der Waals surface area contributed by atoms with Crippen LogP contribution in [0.4, 0.5) is 11.4 Å². The van der Waals surface area contributed by atoms with Crippen molar-refractivity contribution < 1.29 is 19.4 Å². The Kier molecular flexibility index (Phi) is 17.9. The molecule has 0 unspecified atom stereocenters.